The van der Waals surface area contributed by atoms with E-state index in [-0.39, 0.29) is 35.2 Å². The highest BCUT2D eigenvalue weighted by Gasteiger charge is 2.32. The third-order valence-electron chi connectivity index (χ3n) is 5.21. The van der Waals surface area contributed by atoms with Crippen molar-refractivity contribution in [3.05, 3.63) is 41.5 Å². The normalized spacial score (nSPS) is 17.8. The lowest BCUT2D eigenvalue weighted by Crippen LogP contribution is -2.30. The standard InChI is InChI=1S/C23H28O7/c1-2-3-4-5-6-7-22(28)29-20-9-8-14(10-18(20)26)23-19(27)13-16-17(25)11-15(24)12-21(16)30-23/h8-12,19,23-27H,2-7,13H2,1H3/t19-,23-/m1/s1. The van der Waals surface area contributed by atoms with Crippen molar-refractivity contribution in [2.75, 3.05) is 0 Å². The Hall–Kier alpha value is -2.93. The maximum Gasteiger partial charge on any atom is 0.311 e. The van der Waals surface area contributed by atoms with Crippen LogP contribution in [-0.2, 0) is 11.2 Å². The van der Waals surface area contributed by atoms with E-state index in [0.29, 0.717) is 17.5 Å². The first-order valence-corrected chi connectivity index (χ1v) is 10.3. The number of hydrogen-bond donors (Lipinski definition) is 4. The topological polar surface area (TPSA) is 116 Å². The summed E-state index contributed by atoms with van der Waals surface area (Å²) >= 11 is 0. The van der Waals surface area contributed by atoms with Gasteiger partial charge in [0.25, 0.3) is 0 Å². The molecule has 0 amide bonds. The molecule has 0 saturated carbocycles. The molecule has 2 atom stereocenters. The lowest BCUT2D eigenvalue weighted by Gasteiger charge is -2.31. The molecule has 4 N–H and O–H groups in total. The number of aliphatic hydroxyl groups excluding tert-OH is 1. The average Bonchev–Trinajstić information content (AvgIpc) is 2.69. The number of carbonyl (C=O) groups is 1. The second kappa shape index (κ2) is 9.71. The van der Waals surface area contributed by atoms with Gasteiger partial charge in [-0.1, -0.05) is 38.7 Å². The first-order valence-electron chi connectivity index (χ1n) is 10.3. The van der Waals surface area contributed by atoms with Gasteiger partial charge in [0, 0.05) is 30.5 Å². The fourth-order valence-corrected chi connectivity index (χ4v) is 3.59. The number of ether oxygens (including phenoxy) is 2. The Morgan fingerprint density at radius 1 is 1.07 bits per heavy atom. The summed E-state index contributed by atoms with van der Waals surface area (Å²) in [6.45, 7) is 2.13. The van der Waals surface area contributed by atoms with Gasteiger partial charge in [0.05, 0.1) is 6.10 Å². The Labute approximate surface area is 175 Å². The highest BCUT2D eigenvalue weighted by molar-refractivity contribution is 5.73. The molecule has 7 heteroatoms. The molecule has 30 heavy (non-hydrogen) atoms. The third-order valence-corrected chi connectivity index (χ3v) is 5.21. The number of aliphatic hydroxyl groups is 1. The van der Waals surface area contributed by atoms with Gasteiger partial charge in [0.1, 0.15) is 23.4 Å². The van der Waals surface area contributed by atoms with E-state index in [1.807, 2.05) is 0 Å². The second-order valence-electron chi connectivity index (χ2n) is 7.62. The van der Waals surface area contributed by atoms with Crippen LogP contribution < -0.4 is 9.47 Å². The lowest BCUT2D eigenvalue weighted by molar-refractivity contribution is -0.134. The van der Waals surface area contributed by atoms with Crippen LogP contribution in [-0.4, -0.2) is 32.5 Å². The zero-order chi connectivity index (χ0) is 21.7. The minimum absolute atomic E-state index is 0.0540. The van der Waals surface area contributed by atoms with E-state index in [2.05, 4.69) is 6.92 Å². The molecule has 1 heterocycles. The van der Waals surface area contributed by atoms with Crippen molar-refractivity contribution in [1.82, 2.24) is 0 Å². The van der Waals surface area contributed by atoms with Gasteiger partial charge < -0.3 is 29.9 Å². The number of aromatic hydroxyl groups is 3. The summed E-state index contributed by atoms with van der Waals surface area (Å²) in [5, 5.41) is 40.4. The van der Waals surface area contributed by atoms with E-state index in [1.165, 1.54) is 24.3 Å². The maximum atomic E-state index is 12.0. The largest absolute Gasteiger partial charge is 0.508 e. The Bertz CT molecular complexity index is 893. The molecule has 2 aromatic carbocycles. The Morgan fingerprint density at radius 3 is 2.57 bits per heavy atom. The number of rotatable bonds is 8. The van der Waals surface area contributed by atoms with Crippen molar-refractivity contribution >= 4 is 5.97 Å². The Morgan fingerprint density at radius 2 is 1.83 bits per heavy atom. The molecule has 0 aromatic heterocycles. The smallest absolute Gasteiger partial charge is 0.311 e. The molecule has 0 saturated heterocycles. The number of phenols is 3. The summed E-state index contributed by atoms with van der Waals surface area (Å²) in [6.07, 6.45) is 3.73. The van der Waals surface area contributed by atoms with Gasteiger partial charge >= 0.3 is 5.97 Å². The Balaban J connectivity index is 1.65. The van der Waals surface area contributed by atoms with E-state index in [4.69, 9.17) is 9.47 Å². The summed E-state index contributed by atoms with van der Waals surface area (Å²) in [7, 11) is 0. The highest BCUT2D eigenvalue weighted by Crippen LogP contribution is 2.42. The summed E-state index contributed by atoms with van der Waals surface area (Å²) in [5.74, 6) is -0.613. The fourth-order valence-electron chi connectivity index (χ4n) is 3.59. The predicted molar refractivity (Wildman–Crippen MR) is 110 cm³/mol. The van der Waals surface area contributed by atoms with Crippen molar-refractivity contribution in [3.63, 3.8) is 0 Å². The molecule has 0 unspecified atom stereocenters. The van der Waals surface area contributed by atoms with Crippen LogP contribution in [0.15, 0.2) is 30.3 Å². The predicted octanol–water partition coefficient (Wildman–Crippen LogP) is 4.11. The first-order chi connectivity index (χ1) is 14.4. The van der Waals surface area contributed by atoms with Gasteiger partial charge in [-0.3, -0.25) is 4.79 Å². The number of esters is 1. The van der Waals surface area contributed by atoms with Crippen molar-refractivity contribution in [1.29, 1.82) is 0 Å². The van der Waals surface area contributed by atoms with Crippen molar-refractivity contribution in [3.8, 4) is 28.7 Å². The monoisotopic (exact) mass is 416 g/mol. The number of hydrogen-bond acceptors (Lipinski definition) is 7. The van der Waals surface area contributed by atoms with Gasteiger partial charge in [-0.15, -0.1) is 0 Å². The molecular weight excluding hydrogens is 388 g/mol. The summed E-state index contributed by atoms with van der Waals surface area (Å²) in [4.78, 5) is 12.0. The molecule has 3 rings (SSSR count). The molecule has 0 radical (unpaired) electrons. The van der Waals surface area contributed by atoms with Crippen LogP contribution in [0.25, 0.3) is 0 Å². The van der Waals surface area contributed by atoms with E-state index in [0.717, 1.165) is 32.1 Å². The zero-order valence-corrected chi connectivity index (χ0v) is 17.0. The molecule has 0 spiro atoms. The maximum absolute atomic E-state index is 12.0. The average molecular weight is 416 g/mol. The van der Waals surface area contributed by atoms with Crippen LogP contribution in [0, 0.1) is 0 Å². The number of phenolic OH excluding ortho intramolecular Hbond substituents is 3. The quantitative estimate of drug-likeness (QED) is 0.291. The van der Waals surface area contributed by atoms with Gasteiger partial charge in [0.2, 0.25) is 0 Å². The van der Waals surface area contributed by atoms with Gasteiger partial charge in [-0.05, 0) is 24.1 Å². The number of fused-ring (bicyclic) bond motifs is 1. The minimum atomic E-state index is -0.969. The van der Waals surface area contributed by atoms with Gasteiger partial charge in [0.15, 0.2) is 11.5 Å². The van der Waals surface area contributed by atoms with Crippen molar-refractivity contribution in [2.24, 2.45) is 0 Å². The number of benzene rings is 2. The second-order valence-corrected chi connectivity index (χ2v) is 7.62. The van der Waals surface area contributed by atoms with Gasteiger partial charge in [-0.25, -0.2) is 0 Å². The molecule has 0 bridgehead atoms. The van der Waals surface area contributed by atoms with Crippen molar-refractivity contribution < 1.29 is 34.7 Å². The molecule has 7 nitrogen and oxygen atoms in total. The van der Waals surface area contributed by atoms with Crippen LogP contribution in [0.2, 0.25) is 0 Å². The SMILES string of the molecule is CCCCCCCC(=O)Oc1ccc([C@H]2Oc3cc(O)cc(O)c3C[C@H]2O)cc1O. The minimum Gasteiger partial charge on any atom is -0.508 e. The molecule has 1 aliphatic rings. The molecular formula is C23H28O7. The van der Waals surface area contributed by atoms with E-state index in [9.17, 15) is 25.2 Å². The number of carbonyl (C=O) groups excluding carboxylic acids is 1. The zero-order valence-electron chi connectivity index (χ0n) is 17.0. The van der Waals surface area contributed by atoms with Crippen LogP contribution in [0.4, 0.5) is 0 Å². The van der Waals surface area contributed by atoms with Crippen LogP contribution >= 0.6 is 0 Å². The van der Waals surface area contributed by atoms with Crippen LogP contribution in [0.3, 0.4) is 0 Å². The van der Waals surface area contributed by atoms with Crippen LogP contribution in [0.1, 0.15) is 62.7 Å². The summed E-state index contributed by atoms with van der Waals surface area (Å²) in [5.41, 5.74) is 0.887. The van der Waals surface area contributed by atoms with E-state index in [1.54, 1.807) is 6.07 Å². The lowest BCUT2D eigenvalue weighted by atomic mass is 9.94. The Kier molecular flexibility index (Phi) is 7.05. The van der Waals surface area contributed by atoms with E-state index >= 15 is 0 Å². The van der Waals surface area contributed by atoms with Crippen molar-refractivity contribution in [2.45, 2.75) is 64.1 Å². The van der Waals surface area contributed by atoms with Gasteiger partial charge in [-0.2, -0.15) is 0 Å². The van der Waals surface area contributed by atoms with E-state index < -0.39 is 18.2 Å². The molecule has 1 aliphatic heterocycles. The molecule has 162 valence electrons. The first kappa shape index (κ1) is 21.8. The fraction of sp³-hybridized carbons (Fsp3) is 0.435. The van der Waals surface area contributed by atoms with Crippen LogP contribution in [0.5, 0.6) is 28.7 Å². The summed E-state index contributed by atoms with van der Waals surface area (Å²) in [6, 6.07) is 7.00. The third kappa shape index (κ3) is 5.16. The highest BCUT2D eigenvalue weighted by atomic mass is 16.5. The summed E-state index contributed by atoms with van der Waals surface area (Å²) < 4.78 is 11.0. The molecule has 2 aromatic rings. The molecule has 0 aliphatic carbocycles. The number of unbranched alkanes of at least 4 members (excludes halogenated alkanes) is 4. The molecule has 0 fully saturated rings.